The normalized spacial score (nSPS) is 20.5. The molecule has 22 heavy (non-hydrogen) atoms. The number of nitrogens with two attached hydrogens (primary N) is 1. The van der Waals surface area contributed by atoms with Gasteiger partial charge < -0.3 is 5.73 Å². The first-order valence-corrected chi connectivity index (χ1v) is 7.02. The summed E-state index contributed by atoms with van der Waals surface area (Å²) in [4.78, 5) is 8.97. The Hall–Kier alpha value is -2.93. The molecule has 1 atom stereocenters. The Morgan fingerprint density at radius 1 is 1.32 bits per heavy atom. The number of amidine groups is 1. The van der Waals surface area contributed by atoms with Gasteiger partial charge in [0.05, 0.1) is 23.2 Å². The average molecular weight is 288 g/mol. The van der Waals surface area contributed by atoms with Crippen LogP contribution >= 0.6 is 0 Å². The molecule has 0 aliphatic carbocycles. The third-order valence-corrected chi connectivity index (χ3v) is 4.06. The van der Waals surface area contributed by atoms with Gasteiger partial charge in [0.25, 0.3) is 0 Å². The van der Waals surface area contributed by atoms with Gasteiger partial charge in [-0.1, -0.05) is 18.7 Å². The van der Waals surface area contributed by atoms with Crippen molar-refractivity contribution in [1.82, 2.24) is 4.98 Å². The first kappa shape index (κ1) is 14.0. The third kappa shape index (κ3) is 2.27. The minimum Gasteiger partial charge on any atom is -0.387 e. The summed E-state index contributed by atoms with van der Waals surface area (Å²) in [6.45, 7) is 6.12. The predicted molar refractivity (Wildman–Crippen MR) is 87.1 cm³/mol. The van der Waals surface area contributed by atoms with Crippen molar-refractivity contribution in [3.05, 3.63) is 65.9 Å². The number of rotatable bonds is 2. The van der Waals surface area contributed by atoms with Crippen molar-refractivity contribution in [2.24, 2.45) is 10.7 Å². The highest BCUT2D eigenvalue weighted by molar-refractivity contribution is 5.87. The number of aliphatic imine (C=N–C) groups is 1. The molecule has 108 valence electrons. The molecule has 0 spiro atoms. The van der Waals surface area contributed by atoms with Gasteiger partial charge >= 0.3 is 0 Å². The van der Waals surface area contributed by atoms with Gasteiger partial charge in [0.2, 0.25) is 0 Å². The van der Waals surface area contributed by atoms with E-state index in [4.69, 9.17) is 11.0 Å². The molecule has 0 saturated carbocycles. The predicted octanol–water partition coefficient (Wildman–Crippen LogP) is 3.15. The number of hydrogen-bond acceptors (Lipinski definition) is 4. The molecule has 1 aromatic carbocycles. The summed E-state index contributed by atoms with van der Waals surface area (Å²) in [7, 11) is 0. The van der Waals surface area contributed by atoms with E-state index in [2.05, 4.69) is 22.6 Å². The van der Waals surface area contributed by atoms with E-state index in [1.54, 1.807) is 12.3 Å². The summed E-state index contributed by atoms with van der Waals surface area (Å²) >= 11 is 0. The molecule has 3 rings (SSSR count). The molecule has 2 aromatic rings. The fraction of sp³-hybridized carbons (Fsp3) is 0.167. The second-order valence-electron chi connectivity index (χ2n) is 5.58. The van der Waals surface area contributed by atoms with Crippen molar-refractivity contribution in [3.63, 3.8) is 0 Å². The Kier molecular flexibility index (Phi) is 3.26. The Labute approximate surface area is 129 Å². The number of nitrogens with zero attached hydrogens (tertiary/aromatic N) is 3. The molecule has 1 unspecified atom stereocenters. The van der Waals surface area contributed by atoms with E-state index >= 15 is 0 Å². The molecule has 0 fully saturated rings. The summed E-state index contributed by atoms with van der Waals surface area (Å²) in [6, 6.07) is 13.5. The van der Waals surface area contributed by atoms with Crippen LogP contribution in [0.4, 0.5) is 0 Å². The number of nitriles is 1. The van der Waals surface area contributed by atoms with Crippen LogP contribution in [-0.2, 0) is 5.54 Å². The highest BCUT2D eigenvalue weighted by atomic mass is 15.0. The zero-order valence-electron chi connectivity index (χ0n) is 12.4. The van der Waals surface area contributed by atoms with E-state index in [1.165, 1.54) is 0 Å². The van der Waals surface area contributed by atoms with Gasteiger partial charge in [-0.15, -0.1) is 0 Å². The van der Waals surface area contributed by atoms with Gasteiger partial charge in [0.15, 0.2) is 0 Å². The third-order valence-electron chi connectivity index (χ3n) is 4.06. The molecular formula is C18H16N4. The van der Waals surface area contributed by atoms with Gasteiger partial charge in [-0.05, 0) is 42.3 Å². The SMILES string of the molecule is C=C1CC(N)=NC1(C)c1ccnc(-c2cccc(C#N)c2)c1. The van der Waals surface area contributed by atoms with Crippen molar-refractivity contribution in [2.75, 3.05) is 0 Å². The van der Waals surface area contributed by atoms with Crippen molar-refractivity contribution in [2.45, 2.75) is 18.9 Å². The minimum absolute atomic E-state index is 0.505. The van der Waals surface area contributed by atoms with Gasteiger partial charge in [-0.25, -0.2) is 0 Å². The summed E-state index contributed by atoms with van der Waals surface area (Å²) < 4.78 is 0. The lowest BCUT2D eigenvalue weighted by atomic mass is 9.86. The first-order chi connectivity index (χ1) is 10.5. The zero-order chi connectivity index (χ0) is 15.7. The van der Waals surface area contributed by atoms with E-state index in [-0.39, 0.29) is 0 Å². The van der Waals surface area contributed by atoms with E-state index in [1.807, 2.05) is 37.3 Å². The van der Waals surface area contributed by atoms with Crippen molar-refractivity contribution >= 4 is 5.84 Å². The van der Waals surface area contributed by atoms with Crippen LogP contribution in [0.25, 0.3) is 11.3 Å². The lowest BCUT2D eigenvalue weighted by Crippen LogP contribution is -2.18. The van der Waals surface area contributed by atoms with Crippen LogP contribution in [0, 0.1) is 11.3 Å². The fourth-order valence-corrected chi connectivity index (χ4v) is 2.70. The molecule has 4 heteroatoms. The topological polar surface area (TPSA) is 75.1 Å². The maximum Gasteiger partial charge on any atom is 0.106 e. The molecule has 0 radical (unpaired) electrons. The average Bonchev–Trinajstić information content (AvgIpc) is 2.81. The quantitative estimate of drug-likeness (QED) is 0.862. The van der Waals surface area contributed by atoms with E-state index in [0.29, 0.717) is 17.8 Å². The van der Waals surface area contributed by atoms with Crippen LogP contribution in [0.2, 0.25) is 0 Å². The fourth-order valence-electron chi connectivity index (χ4n) is 2.70. The van der Waals surface area contributed by atoms with Crippen LogP contribution in [0.5, 0.6) is 0 Å². The second kappa shape index (κ2) is 5.12. The smallest absolute Gasteiger partial charge is 0.106 e. The van der Waals surface area contributed by atoms with E-state index in [0.717, 1.165) is 22.4 Å². The van der Waals surface area contributed by atoms with Crippen molar-refractivity contribution in [1.29, 1.82) is 5.26 Å². The van der Waals surface area contributed by atoms with Crippen LogP contribution in [-0.4, -0.2) is 10.8 Å². The summed E-state index contributed by atoms with van der Waals surface area (Å²) in [6.07, 6.45) is 2.38. The molecular weight excluding hydrogens is 272 g/mol. The monoisotopic (exact) mass is 288 g/mol. The molecule has 4 nitrogen and oxygen atoms in total. The van der Waals surface area contributed by atoms with E-state index in [9.17, 15) is 0 Å². The number of benzene rings is 1. The van der Waals surface area contributed by atoms with Gasteiger partial charge in [-0.3, -0.25) is 9.98 Å². The molecule has 1 aliphatic rings. The summed E-state index contributed by atoms with van der Waals surface area (Å²) in [5, 5.41) is 9.03. The van der Waals surface area contributed by atoms with E-state index < -0.39 is 5.54 Å². The number of pyridine rings is 1. The van der Waals surface area contributed by atoms with Crippen LogP contribution in [0.15, 0.2) is 59.7 Å². The molecule has 0 amide bonds. The first-order valence-electron chi connectivity index (χ1n) is 7.02. The maximum absolute atomic E-state index is 9.03. The highest BCUT2D eigenvalue weighted by Crippen LogP contribution is 2.39. The molecule has 2 heterocycles. The zero-order valence-corrected chi connectivity index (χ0v) is 12.4. The summed E-state index contributed by atoms with van der Waals surface area (Å²) in [5.74, 6) is 0.609. The Balaban J connectivity index is 2.07. The second-order valence-corrected chi connectivity index (χ2v) is 5.58. The Bertz CT molecular complexity index is 829. The molecule has 0 bridgehead atoms. The largest absolute Gasteiger partial charge is 0.387 e. The molecule has 0 saturated heterocycles. The maximum atomic E-state index is 9.03. The number of aromatic nitrogens is 1. The van der Waals surface area contributed by atoms with Crippen LogP contribution in [0.3, 0.4) is 0 Å². The van der Waals surface area contributed by atoms with Crippen LogP contribution < -0.4 is 5.73 Å². The molecule has 2 N–H and O–H groups in total. The lowest BCUT2D eigenvalue weighted by molar-refractivity contribution is 0.611. The lowest BCUT2D eigenvalue weighted by Gasteiger charge is -2.23. The van der Waals surface area contributed by atoms with Gasteiger partial charge in [-0.2, -0.15) is 5.26 Å². The summed E-state index contributed by atoms with van der Waals surface area (Å²) in [5.41, 5.74) is 9.67. The Morgan fingerprint density at radius 2 is 2.14 bits per heavy atom. The van der Waals surface area contributed by atoms with Crippen LogP contribution in [0.1, 0.15) is 24.5 Å². The highest BCUT2D eigenvalue weighted by Gasteiger charge is 2.34. The standard InChI is InChI=1S/C18H16N4/c1-12-8-17(20)22-18(12,2)15-6-7-21-16(10-15)14-5-3-4-13(9-14)11-19/h3-7,9-10H,1,8H2,2H3,(H2,20,22). The molecule has 1 aliphatic heterocycles. The van der Waals surface area contributed by atoms with Gasteiger partial charge in [0, 0.05) is 18.2 Å². The Morgan fingerprint density at radius 3 is 2.82 bits per heavy atom. The van der Waals surface area contributed by atoms with Crippen molar-refractivity contribution in [3.8, 4) is 17.3 Å². The van der Waals surface area contributed by atoms with Crippen molar-refractivity contribution < 1.29 is 0 Å². The molecule has 1 aromatic heterocycles. The van der Waals surface area contributed by atoms with Gasteiger partial charge in [0.1, 0.15) is 5.54 Å². The number of hydrogen-bond donors (Lipinski definition) is 1. The minimum atomic E-state index is -0.505.